The summed E-state index contributed by atoms with van der Waals surface area (Å²) in [6.45, 7) is 2.39. The number of aliphatic hydroxyl groups is 1. The number of amides is 3. The number of carbonyl (C=O) groups is 3. The lowest BCUT2D eigenvalue weighted by Crippen LogP contribution is -2.48. The predicted octanol–water partition coefficient (Wildman–Crippen LogP) is 4.62. The highest BCUT2D eigenvalue weighted by atomic mass is 35.5. The van der Waals surface area contributed by atoms with Crippen molar-refractivity contribution in [3.63, 3.8) is 0 Å². The van der Waals surface area contributed by atoms with E-state index < -0.39 is 6.09 Å². The van der Waals surface area contributed by atoms with Crippen LogP contribution in [0.25, 0.3) is 0 Å². The molecule has 0 saturated carbocycles. The molecule has 2 N–H and O–H groups in total. The van der Waals surface area contributed by atoms with E-state index in [9.17, 15) is 19.5 Å². The summed E-state index contributed by atoms with van der Waals surface area (Å²) in [5.74, 6) is -0.378. The minimum absolute atomic E-state index is 0.0445. The number of nitrogens with one attached hydrogen (secondary N) is 1. The van der Waals surface area contributed by atoms with Crippen LogP contribution in [0.4, 0.5) is 21.9 Å². The first kappa shape index (κ1) is 27.5. The number of β-amino-alcohol motifs (C(OH)–C–C–N with tert-alkyl or cyclic N) is 1. The molecule has 3 amide bonds. The molecule has 3 aromatic carbocycles. The molecule has 2 aliphatic heterocycles. The molecule has 3 aromatic rings. The van der Waals surface area contributed by atoms with Gasteiger partial charge in [0, 0.05) is 30.9 Å². The van der Waals surface area contributed by atoms with E-state index in [0.717, 1.165) is 41.1 Å². The Morgan fingerprint density at radius 2 is 1.85 bits per heavy atom. The molecule has 5 rings (SSSR count). The minimum atomic E-state index is -0.755. The van der Waals surface area contributed by atoms with E-state index in [2.05, 4.69) is 11.4 Å². The number of aryl methyl sites for hydroxylation is 2. The third-order valence-corrected chi connectivity index (χ3v) is 7.53. The normalized spacial score (nSPS) is 14.8. The highest BCUT2D eigenvalue weighted by molar-refractivity contribution is 6.34. The zero-order valence-corrected chi connectivity index (χ0v) is 23.0. The molecule has 9 nitrogen and oxygen atoms in total. The largest absolute Gasteiger partial charge is 0.431 e. The fourth-order valence-electron chi connectivity index (χ4n) is 5.20. The average molecular weight is 563 g/mol. The molecule has 10 heteroatoms. The fourth-order valence-corrected chi connectivity index (χ4v) is 5.46. The van der Waals surface area contributed by atoms with Crippen LogP contribution in [0, 0.1) is 6.92 Å². The Kier molecular flexibility index (Phi) is 8.23. The van der Waals surface area contributed by atoms with E-state index in [4.69, 9.17) is 16.4 Å². The van der Waals surface area contributed by atoms with Crippen LogP contribution < -0.4 is 20.2 Å². The first-order valence-corrected chi connectivity index (χ1v) is 13.7. The maximum atomic E-state index is 13.5. The number of benzene rings is 3. The van der Waals surface area contributed by atoms with Crippen LogP contribution in [-0.4, -0.2) is 49.3 Å². The van der Waals surface area contributed by atoms with Gasteiger partial charge in [0.25, 0.3) is 5.91 Å². The lowest BCUT2D eigenvalue weighted by Gasteiger charge is -2.35. The van der Waals surface area contributed by atoms with Crippen molar-refractivity contribution in [2.24, 2.45) is 0 Å². The average Bonchev–Trinajstić information content (AvgIpc) is 3.16. The molecule has 208 valence electrons. The van der Waals surface area contributed by atoms with Gasteiger partial charge >= 0.3 is 6.09 Å². The van der Waals surface area contributed by atoms with Crippen molar-refractivity contribution in [2.45, 2.75) is 32.7 Å². The van der Waals surface area contributed by atoms with Crippen LogP contribution in [0.3, 0.4) is 0 Å². The van der Waals surface area contributed by atoms with Crippen molar-refractivity contribution in [3.8, 4) is 0 Å². The van der Waals surface area contributed by atoms with Gasteiger partial charge in [0.15, 0.2) is 0 Å². The molecule has 0 saturated heterocycles. The number of fused-ring (bicyclic) bond motifs is 2. The first-order chi connectivity index (χ1) is 19.4. The Bertz CT molecular complexity index is 1450. The number of anilines is 3. The number of para-hydroxylation sites is 2. The molecule has 0 unspecified atom stereocenters. The van der Waals surface area contributed by atoms with Gasteiger partial charge in [-0.25, -0.2) is 4.79 Å². The second kappa shape index (κ2) is 12.0. The number of hydrogen-bond acceptors (Lipinski definition) is 6. The summed E-state index contributed by atoms with van der Waals surface area (Å²) in [5.41, 5.74) is 5.25. The van der Waals surface area contributed by atoms with Gasteiger partial charge in [0.05, 0.1) is 17.3 Å². The van der Waals surface area contributed by atoms with Gasteiger partial charge in [0.1, 0.15) is 12.2 Å². The standard InChI is InChI=1S/C30H31ClN4O5/c1-20-17-22(29(38)34-14-5-4-8-21-7-2-3-10-25(21)34)12-13-23(20)18-32-30(39)40-35-19-27(37)33(15-16-36)26-11-6-9-24(31)28(26)35/h2-3,6-7,9-13,17,36H,4-5,8,14-16,18-19H2,1H3,(H,32,39). The van der Waals surface area contributed by atoms with Gasteiger partial charge in [-0.05, 0) is 73.2 Å². The van der Waals surface area contributed by atoms with E-state index >= 15 is 0 Å². The van der Waals surface area contributed by atoms with Crippen molar-refractivity contribution in [3.05, 3.63) is 87.9 Å². The molecule has 2 heterocycles. The smallest absolute Gasteiger partial charge is 0.395 e. The maximum absolute atomic E-state index is 13.5. The quantitative estimate of drug-likeness (QED) is 0.454. The van der Waals surface area contributed by atoms with Crippen LogP contribution in [0.15, 0.2) is 60.7 Å². The molecule has 0 radical (unpaired) electrons. The predicted molar refractivity (Wildman–Crippen MR) is 154 cm³/mol. The Balaban J connectivity index is 1.25. The van der Waals surface area contributed by atoms with Gasteiger partial charge in [-0.2, -0.15) is 5.06 Å². The second-order valence-electron chi connectivity index (χ2n) is 9.83. The number of hydrogen-bond donors (Lipinski definition) is 2. The summed E-state index contributed by atoms with van der Waals surface area (Å²) in [4.78, 5) is 47.6. The van der Waals surface area contributed by atoms with Crippen LogP contribution in [0.1, 0.15) is 39.9 Å². The summed E-state index contributed by atoms with van der Waals surface area (Å²) >= 11 is 6.38. The Hall–Kier alpha value is -4.08. The third kappa shape index (κ3) is 5.61. The SMILES string of the molecule is Cc1cc(C(=O)N2CCCCc3ccccc32)ccc1CNC(=O)ON1CC(=O)N(CCO)c2cccc(Cl)c21. The Morgan fingerprint density at radius 3 is 2.65 bits per heavy atom. The van der Waals surface area contributed by atoms with E-state index in [1.165, 1.54) is 10.5 Å². The van der Waals surface area contributed by atoms with Crippen molar-refractivity contribution >= 4 is 46.6 Å². The summed E-state index contributed by atoms with van der Waals surface area (Å²) < 4.78 is 0. The molecule has 0 aliphatic carbocycles. The van der Waals surface area contributed by atoms with Gasteiger partial charge in [-0.15, -0.1) is 0 Å². The third-order valence-electron chi connectivity index (χ3n) is 7.22. The lowest BCUT2D eigenvalue weighted by atomic mass is 10.0. The highest BCUT2D eigenvalue weighted by Gasteiger charge is 2.33. The maximum Gasteiger partial charge on any atom is 0.431 e. The molecule has 0 bridgehead atoms. The molecular formula is C30H31ClN4O5. The highest BCUT2D eigenvalue weighted by Crippen LogP contribution is 2.39. The van der Waals surface area contributed by atoms with Gasteiger partial charge < -0.3 is 25.1 Å². The van der Waals surface area contributed by atoms with Crippen molar-refractivity contribution in [2.75, 3.05) is 41.1 Å². The summed E-state index contributed by atoms with van der Waals surface area (Å²) in [6.07, 6.45) is 2.20. The van der Waals surface area contributed by atoms with E-state index in [1.807, 2.05) is 42.2 Å². The Labute approximate surface area is 237 Å². The second-order valence-corrected chi connectivity index (χ2v) is 10.2. The number of carbonyl (C=O) groups excluding carboxylic acids is 3. The van der Waals surface area contributed by atoms with Gasteiger partial charge in [-0.3, -0.25) is 9.59 Å². The minimum Gasteiger partial charge on any atom is -0.395 e. The van der Waals surface area contributed by atoms with Gasteiger partial charge in [-0.1, -0.05) is 41.9 Å². The fraction of sp³-hybridized carbons (Fsp3) is 0.300. The topological polar surface area (TPSA) is 102 Å². The number of hydroxylamine groups is 1. The van der Waals surface area contributed by atoms with Crippen molar-refractivity contribution < 1.29 is 24.3 Å². The zero-order valence-electron chi connectivity index (χ0n) is 22.2. The molecule has 2 aliphatic rings. The molecule has 0 aromatic heterocycles. The number of nitrogens with zero attached hydrogens (tertiary/aromatic N) is 3. The van der Waals surface area contributed by atoms with Gasteiger partial charge in [0.2, 0.25) is 5.91 Å². The first-order valence-electron chi connectivity index (χ1n) is 13.3. The van der Waals surface area contributed by atoms with E-state index in [1.54, 1.807) is 24.3 Å². The lowest BCUT2D eigenvalue weighted by molar-refractivity contribution is -0.118. The summed E-state index contributed by atoms with van der Waals surface area (Å²) in [6, 6.07) is 18.5. The molecule has 0 atom stereocenters. The number of rotatable bonds is 6. The van der Waals surface area contributed by atoms with Crippen LogP contribution in [0.2, 0.25) is 5.02 Å². The molecule has 0 fully saturated rings. The molecule has 0 spiro atoms. The zero-order chi connectivity index (χ0) is 28.2. The van der Waals surface area contributed by atoms with Crippen LogP contribution >= 0.6 is 11.6 Å². The summed E-state index contributed by atoms with van der Waals surface area (Å²) in [5, 5.41) is 13.5. The van der Waals surface area contributed by atoms with E-state index in [0.29, 0.717) is 28.5 Å². The Morgan fingerprint density at radius 1 is 1.05 bits per heavy atom. The number of halogens is 1. The molecule has 40 heavy (non-hydrogen) atoms. The van der Waals surface area contributed by atoms with E-state index in [-0.39, 0.29) is 38.1 Å². The monoisotopic (exact) mass is 562 g/mol. The van der Waals surface area contributed by atoms with Crippen molar-refractivity contribution in [1.29, 1.82) is 0 Å². The van der Waals surface area contributed by atoms with Crippen LogP contribution in [-0.2, 0) is 22.6 Å². The number of aliphatic hydroxyl groups excluding tert-OH is 1. The summed E-state index contributed by atoms with van der Waals surface area (Å²) in [7, 11) is 0. The van der Waals surface area contributed by atoms with Crippen LogP contribution in [0.5, 0.6) is 0 Å². The van der Waals surface area contributed by atoms with Crippen molar-refractivity contribution in [1.82, 2.24) is 5.32 Å². The molecular weight excluding hydrogens is 532 g/mol.